The van der Waals surface area contributed by atoms with Crippen molar-refractivity contribution in [2.75, 3.05) is 0 Å². The topological polar surface area (TPSA) is 32.6 Å². The predicted octanol–water partition coefficient (Wildman–Crippen LogP) is 3.39. The van der Waals surface area contributed by atoms with Crippen LogP contribution in [-0.2, 0) is 0 Å². The van der Waals surface area contributed by atoms with Crippen LogP contribution >= 0.6 is 0 Å². The highest BCUT2D eigenvalue weighted by Crippen LogP contribution is 2.39. The first-order chi connectivity index (χ1) is 8.13. The molecule has 0 radical (unpaired) electrons. The first-order valence-electron chi connectivity index (χ1n) is 6.43. The van der Waals surface area contributed by atoms with Gasteiger partial charge in [-0.15, -0.1) is 0 Å². The van der Waals surface area contributed by atoms with Gasteiger partial charge in [-0.05, 0) is 50.2 Å². The van der Waals surface area contributed by atoms with Gasteiger partial charge in [0.1, 0.15) is 0 Å². The highest BCUT2D eigenvalue weighted by atomic mass is 19.1. The van der Waals surface area contributed by atoms with Crippen LogP contribution in [0.4, 0.5) is 4.39 Å². The molecule has 1 N–H and O–H groups in total. The van der Waals surface area contributed by atoms with E-state index in [1.807, 2.05) is 19.1 Å². The van der Waals surface area contributed by atoms with Crippen molar-refractivity contribution >= 4 is 6.21 Å². The van der Waals surface area contributed by atoms with Gasteiger partial charge in [-0.2, -0.15) is 4.39 Å². The summed E-state index contributed by atoms with van der Waals surface area (Å²) in [5.41, 5.74) is -0.482. The number of halogens is 1. The van der Waals surface area contributed by atoms with Crippen molar-refractivity contribution in [1.29, 1.82) is 0 Å². The van der Waals surface area contributed by atoms with E-state index in [0.717, 1.165) is 32.1 Å². The average molecular weight is 237 g/mol. The van der Waals surface area contributed by atoms with E-state index in [1.54, 1.807) is 6.08 Å². The molecule has 2 rings (SSSR count). The Bertz CT molecular complexity index is 351. The number of hydrogen-bond donors (Lipinski definition) is 1. The molecule has 1 aliphatic carbocycles. The Kier molecular flexibility index (Phi) is 3.77. The molecule has 0 saturated heterocycles. The fourth-order valence-electron chi connectivity index (χ4n) is 2.76. The van der Waals surface area contributed by atoms with Gasteiger partial charge in [-0.3, -0.25) is 0 Å². The molecule has 0 aromatic heterocycles. The summed E-state index contributed by atoms with van der Waals surface area (Å²) < 4.78 is 13.2. The van der Waals surface area contributed by atoms with E-state index in [-0.39, 0.29) is 5.92 Å². The van der Waals surface area contributed by atoms with Gasteiger partial charge in [0.15, 0.2) is 0 Å². The number of aliphatic imine (C=N–C) groups is 1. The average Bonchev–Trinajstić information content (AvgIpc) is 2.55. The maximum absolute atomic E-state index is 13.2. The Labute approximate surface area is 102 Å². The van der Waals surface area contributed by atoms with Crippen LogP contribution in [0, 0.1) is 11.8 Å². The van der Waals surface area contributed by atoms with E-state index in [9.17, 15) is 9.50 Å². The van der Waals surface area contributed by atoms with Gasteiger partial charge in [-0.1, -0.05) is 13.0 Å². The normalized spacial score (nSPS) is 37.7. The Hall–Kier alpha value is -0.960. The summed E-state index contributed by atoms with van der Waals surface area (Å²) in [7, 11) is 0. The van der Waals surface area contributed by atoms with Gasteiger partial charge >= 0.3 is 0 Å². The molecule has 2 aliphatic rings. The second kappa shape index (κ2) is 5.13. The molecule has 2 nitrogen and oxygen atoms in total. The van der Waals surface area contributed by atoms with E-state index in [0.29, 0.717) is 5.92 Å². The van der Waals surface area contributed by atoms with Gasteiger partial charge in [-0.25, -0.2) is 4.99 Å². The molecule has 94 valence electrons. The van der Waals surface area contributed by atoms with Gasteiger partial charge < -0.3 is 5.11 Å². The lowest BCUT2D eigenvalue weighted by atomic mass is 9.72. The molecule has 0 bridgehead atoms. The zero-order chi connectivity index (χ0) is 12.3. The number of allylic oxidation sites excluding steroid dienone is 3. The fourth-order valence-corrected chi connectivity index (χ4v) is 2.76. The van der Waals surface area contributed by atoms with Crippen molar-refractivity contribution in [2.45, 2.75) is 44.6 Å². The maximum atomic E-state index is 13.2. The third-order valence-electron chi connectivity index (χ3n) is 4.11. The van der Waals surface area contributed by atoms with Crippen molar-refractivity contribution < 1.29 is 9.50 Å². The monoisotopic (exact) mass is 237 g/mol. The van der Waals surface area contributed by atoms with Crippen molar-refractivity contribution in [3.05, 3.63) is 24.2 Å². The molecule has 17 heavy (non-hydrogen) atoms. The van der Waals surface area contributed by atoms with Crippen molar-refractivity contribution in [3.63, 3.8) is 0 Å². The van der Waals surface area contributed by atoms with Gasteiger partial charge in [0.2, 0.25) is 5.95 Å². The lowest BCUT2D eigenvalue weighted by Crippen LogP contribution is -2.34. The fraction of sp³-hybridized carbons (Fsp3) is 0.643. The van der Waals surface area contributed by atoms with Crippen molar-refractivity contribution in [3.8, 4) is 0 Å². The lowest BCUT2D eigenvalue weighted by molar-refractivity contribution is -0.0154. The minimum Gasteiger partial charge on any atom is -0.390 e. The van der Waals surface area contributed by atoms with Crippen LogP contribution in [0.15, 0.2) is 29.2 Å². The van der Waals surface area contributed by atoms with E-state index in [1.165, 1.54) is 6.21 Å². The molecule has 0 spiro atoms. The van der Waals surface area contributed by atoms with E-state index in [4.69, 9.17) is 0 Å². The van der Waals surface area contributed by atoms with Gasteiger partial charge in [0.05, 0.1) is 5.60 Å². The smallest absolute Gasteiger partial charge is 0.209 e. The predicted molar refractivity (Wildman–Crippen MR) is 67.5 cm³/mol. The summed E-state index contributed by atoms with van der Waals surface area (Å²) in [5, 5.41) is 10.2. The lowest BCUT2D eigenvalue weighted by Gasteiger charge is -2.37. The molecule has 0 aromatic rings. The third-order valence-corrected chi connectivity index (χ3v) is 4.11. The zero-order valence-electron chi connectivity index (χ0n) is 10.3. The number of hydrogen-bond acceptors (Lipinski definition) is 2. The summed E-state index contributed by atoms with van der Waals surface area (Å²) in [6, 6.07) is 0. The highest BCUT2D eigenvalue weighted by Gasteiger charge is 2.33. The molecule has 1 atom stereocenters. The quantitative estimate of drug-likeness (QED) is 0.734. The molecule has 1 heterocycles. The molecule has 0 aromatic carbocycles. The summed E-state index contributed by atoms with van der Waals surface area (Å²) in [5.74, 6) is 0.167. The largest absolute Gasteiger partial charge is 0.390 e. The van der Waals surface area contributed by atoms with Crippen LogP contribution in [0.2, 0.25) is 0 Å². The second-order valence-corrected chi connectivity index (χ2v) is 5.15. The molecule has 0 amide bonds. The number of aliphatic hydroxyl groups is 1. The molecule has 1 aliphatic heterocycles. The SMILES string of the molecule is CCC1(O)CCC(C2C=CC=NC(F)=C2)CC1. The number of rotatable bonds is 2. The van der Waals surface area contributed by atoms with Crippen LogP contribution in [0.25, 0.3) is 0 Å². The van der Waals surface area contributed by atoms with Crippen molar-refractivity contribution in [1.82, 2.24) is 0 Å². The van der Waals surface area contributed by atoms with Crippen LogP contribution in [0.1, 0.15) is 39.0 Å². The highest BCUT2D eigenvalue weighted by molar-refractivity contribution is 5.72. The molecular weight excluding hydrogens is 217 g/mol. The molecule has 1 fully saturated rings. The summed E-state index contributed by atoms with van der Waals surface area (Å²) >= 11 is 0. The van der Waals surface area contributed by atoms with Crippen LogP contribution in [-0.4, -0.2) is 16.9 Å². The van der Waals surface area contributed by atoms with Crippen molar-refractivity contribution in [2.24, 2.45) is 16.8 Å². The zero-order valence-corrected chi connectivity index (χ0v) is 10.3. The Morgan fingerprint density at radius 1 is 1.47 bits per heavy atom. The van der Waals surface area contributed by atoms with E-state index < -0.39 is 11.6 Å². The summed E-state index contributed by atoms with van der Waals surface area (Å²) in [4.78, 5) is 3.65. The van der Waals surface area contributed by atoms with E-state index >= 15 is 0 Å². The molecule has 1 unspecified atom stereocenters. The Morgan fingerprint density at radius 2 is 2.18 bits per heavy atom. The Balaban J connectivity index is 1.99. The summed E-state index contributed by atoms with van der Waals surface area (Å²) in [6.45, 7) is 2.03. The Morgan fingerprint density at radius 3 is 2.82 bits per heavy atom. The second-order valence-electron chi connectivity index (χ2n) is 5.15. The molecule has 3 heteroatoms. The standard InChI is InChI=1S/C14H20FNO/c1-2-14(17)7-5-11(6-8-14)12-4-3-9-16-13(15)10-12/h3-4,9-12,17H,2,5-8H2,1H3. The van der Waals surface area contributed by atoms with Crippen LogP contribution in [0.5, 0.6) is 0 Å². The van der Waals surface area contributed by atoms with Crippen LogP contribution in [0.3, 0.4) is 0 Å². The minimum absolute atomic E-state index is 0.124. The minimum atomic E-state index is -0.482. The number of nitrogens with zero attached hydrogens (tertiary/aromatic N) is 1. The maximum Gasteiger partial charge on any atom is 0.209 e. The third kappa shape index (κ3) is 3.03. The molecular formula is C14H20FNO. The first kappa shape index (κ1) is 12.5. The summed E-state index contributed by atoms with van der Waals surface area (Å²) in [6.07, 6.45) is 11.3. The van der Waals surface area contributed by atoms with Gasteiger partial charge in [0, 0.05) is 12.1 Å². The van der Waals surface area contributed by atoms with Crippen LogP contribution < -0.4 is 0 Å². The van der Waals surface area contributed by atoms with Gasteiger partial charge in [0.25, 0.3) is 0 Å². The molecule has 1 saturated carbocycles. The van der Waals surface area contributed by atoms with E-state index in [2.05, 4.69) is 4.99 Å². The first-order valence-corrected chi connectivity index (χ1v) is 6.43.